The molecule has 0 atom stereocenters. The van der Waals surface area contributed by atoms with Crippen molar-refractivity contribution in [1.29, 1.82) is 0 Å². The summed E-state index contributed by atoms with van der Waals surface area (Å²) in [5.41, 5.74) is -0.228. The van der Waals surface area contributed by atoms with Crippen molar-refractivity contribution < 1.29 is 23.1 Å². The summed E-state index contributed by atoms with van der Waals surface area (Å²) in [6.45, 7) is 3.37. The van der Waals surface area contributed by atoms with Gasteiger partial charge in [0.15, 0.2) is 0 Å². The lowest BCUT2D eigenvalue weighted by molar-refractivity contribution is -0.148. The van der Waals surface area contributed by atoms with E-state index in [4.69, 9.17) is 5.11 Å². The van der Waals surface area contributed by atoms with E-state index < -0.39 is 27.3 Å². The molecule has 126 valence electrons. The number of nitrogens with one attached hydrogen (secondary N) is 1. The molecule has 1 saturated heterocycles. The number of carboxylic acid groups (broad SMARTS) is 1. The minimum absolute atomic E-state index is 0.121. The zero-order chi connectivity index (χ0) is 17.3. The summed E-state index contributed by atoms with van der Waals surface area (Å²) in [5.74, 6) is -1.36. The quantitative estimate of drug-likeness (QED) is 0.848. The van der Waals surface area contributed by atoms with Gasteiger partial charge in [0.2, 0.25) is 15.9 Å². The van der Waals surface area contributed by atoms with E-state index in [1.54, 1.807) is 24.3 Å². The fraction of sp³-hybridized carbons (Fsp3) is 0.467. The van der Waals surface area contributed by atoms with Crippen molar-refractivity contribution in [3.8, 4) is 0 Å². The van der Waals surface area contributed by atoms with Gasteiger partial charge < -0.3 is 10.4 Å². The molecule has 1 fully saturated rings. The molecule has 1 heterocycles. The highest BCUT2D eigenvalue weighted by molar-refractivity contribution is 7.93. The highest BCUT2D eigenvalue weighted by atomic mass is 32.2. The average molecular weight is 340 g/mol. The second-order valence-corrected chi connectivity index (χ2v) is 8.22. The van der Waals surface area contributed by atoms with E-state index >= 15 is 0 Å². The van der Waals surface area contributed by atoms with Gasteiger partial charge in [0.25, 0.3) is 0 Å². The van der Waals surface area contributed by atoms with Crippen LogP contribution >= 0.6 is 0 Å². The summed E-state index contributed by atoms with van der Waals surface area (Å²) < 4.78 is 25.2. The van der Waals surface area contributed by atoms with E-state index in [9.17, 15) is 18.0 Å². The standard InChI is InChI=1S/C15H20N2O5S/c1-15(2,14(19)20)10-13(18)16-11-5-3-6-12(9-11)17-7-4-8-23(17,21)22/h3,5-6,9H,4,7-8,10H2,1-2H3,(H,16,18)(H,19,20). The van der Waals surface area contributed by atoms with Crippen molar-refractivity contribution in [3.05, 3.63) is 24.3 Å². The van der Waals surface area contributed by atoms with Crippen LogP contribution < -0.4 is 9.62 Å². The maximum absolute atomic E-state index is 12.0. The number of sulfonamides is 1. The zero-order valence-corrected chi connectivity index (χ0v) is 13.9. The summed E-state index contributed by atoms with van der Waals surface area (Å²) in [6, 6.07) is 6.53. The van der Waals surface area contributed by atoms with E-state index in [0.29, 0.717) is 24.3 Å². The monoisotopic (exact) mass is 340 g/mol. The van der Waals surface area contributed by atoms with Crippen LogP contribution in [0.5, 0.6) is 0 Å². The van der Waals surface area contributed by atoms with Gasteiger partial charge in [0.1, 0.15) is 0 Å². The first-order valence-corrected chi connectivity index (χ1v) is 8.86. The van der Waals surface area contributed by atoms with Crippen LogP contribution in [0.15, 0.2) is 24.3 Å². The number of amides is 1. The Kier molecular flexibility index (Phi) is 4.65. The Labute approximate surface area is 135 Å². The predicted octanol–water partition coefficient (Wildman–Crippen LogP) is 1.67. The number of hydrogen-bond acceptors (Lipinski definition) is 4. The van der Waals surface area contributed by atoms with E-state index in [-0.39, 0.29) is 12.2 Å². The van der Waals surface area contributed by atoms with Gasteiger partial charge in [-0.2, -0.15) is 0 Å². The minimum atomic E-state index is -3.28. The van der Waals surface area contributed by atoms with Crippen molar-refractivity contribution in [2.75, 3.05) is 21.9 Å². The minimum Gasteiger partial charge on any atom is -0.481 e. The lowest BCUT2D eigenvalue weighted by Crippen LogP contribution is -2.29. The average Bonchev–Trinajstić information content (AvgIpc) is 2.77. The number of carbonyl (C=O) groups excluding carboxylic acids is 1. The van der Waals surface area contributed by atoms with Crippen LogP contribution in [0.3, 0.4) is 0 Å². The number of benzene rings is 1. The molecule has 1 aliphatic heterocycles. The third-order valence-corrected chi connectivity index (χ3v) is 5.57. The first-order valence-electron chi connectivity index (χ1n) is 7.25. The Morgan fingerprint density at radius 1 is 1.35 bits per heavy atom. The number of anilines is 2. The second-order valence-electron chi connectivity index (χ2n) is 6.21. The van der Waals surface area contributed by atoms with Gasteiger partial charge in [-0.3, -0.25) is 13.9 Å². The van der Waals surface area contributed by atoms with Gasteiger partial charge in [0, 0.05) is 18.7 Å². The summed E-state index contributed by atoms with van der Waals surface area (Å²) >= 11 is 0. The molecule has 0 aromatic heterocycles. The zero-order valence-electron chi connectivity index (χ0n) is 13.1. The molecule has 0 unspecified atom stereocenters. The molecule has 7 nitrogen and oxygen atoms in total. The number of nitrogens with zero attached hydrogens (tertiary/aromatic N) is 1. The molecule has 0 bridgehead atoms. The fourth-order valence-corrected chi connectivity index (χ4v) is 3.91. The molecule has 2 N–H and O–H groups in total. The summed E-state index contributed by atoms with van der Waals surface area (Å²) in [4.78, 5) is 23.0. The molecular weight excluding hydrogens is 320 g/mol. The lowest BCUT2D eigenvalue weighted by atomic mass is 9.89. The smallest absolute Gasteiger partial charge is 0.309 e. The van der Waals surface area contributed by atoms with Crippen LogP contribution in [0.2, 0.25) is 0 Å². The maximum Gasteiger partial charge on any atom is 0.309 e. The predicted molar refractivity (Wildman–Crippen MR) is 86.9 cm³/mol. The molecule has 23 heavy (non-hydrogen) atoms. The molecule has 0 radical (unpaired) electrons. The molecule has 1 aromatic carbocycles. The third kappa shape index (κ3) is 4.01. The van der Waals surface area contributed by atoms with Gasteiger partial charge in [-0.15, -0.1) is 0 Å². The third-order valence-electron chi connectivity index (χ3n) is 3.70. The highest BCUT2D eigenvalue weighted by Gasteiger charge is 2.31. The summed E-state index contributed by atoms with van der Waals surface area (Å²) in [6.07, 6.45) is 0.403. The molecule has 0 saturated carbocycles. The fourth-order valence-electron chi connectivity index (χ4n) is 2.35. The lowest BCUT2D eigenvalue weighted by Gasteiger charge is -2.20. The molecule has 1 aromatic rings. The Hall–Kier alpha value is -2.09. The van der Waals surface area contributed by atoms with Gasteiger partial charge in [-0.25, -0.2) is 8.42 Å². The molecule has 1 amide bonds. The normalized spacial score (nSPS) is 17.0. The Balaban J connectivity index is 2.12. The number of carbonyl (C=O) groups is 2. The van der Waals surface area contributed by atoms with Crippen LogP contribution in [0, 0.1) is 5.41 Å². The van der Waals surface area contributed by atoms with Gasteiger partial charge >= 0.3 is 5.97 Å². The van der Waals surface area contributed by atoms with Crippen LogP contribution in [-0.4, -0.2) is 37.7 Å². The molecular formula is C15H20N2O5S. The molecule has 8 heteroatoms. The largest absolute Gasteiger partial charge is 0.481 e. The van der Waals surface area contributed by atoms with E-state index in [1.165, 1.54) is 18.2 Å². The Morgan fingerprint density at radius 3 is 2.61 bits per heavy atom. The number of aliphatic carboxylic acids is 1. The van der Waals surface area contributed by atoms with Crippen LogP contribution in [0.25, 0.3) is 0 Å². The molecule has 0 spiro atoms. The van der Waals surface area contributed by atoms with Gasteiger partial charge in [0.05, 0.1) is 16.9 Å². The molecule has 1 aliphatic rings. The van der Waals surface area contributed by atoms with Crippen molar-refractivity contribution in [1.82, 2.24) is 0 Å². The van der Waals surface area contributed by atoms with Crippen LogP contribution in [0.4, 0.5) is 11.4 Å². The van der Waals surface area contributed by atoms with Gasteiger partial charge in [-0.1, -0.05) is 6.07 Å². The highest BCUT2D eigenvalue weighted by Crippen LogP contribution is 2.27. The van der Waals surface area contributed by atoms with E-state index in [0.717, 1.165) is 0 Å². The van der Waals surface area contributed by atoms with Crippen molar-refractivity contribution in [3.63, 3.8) is 0 Å². The number of hydrogen-bond donors (Lipinski definition) is 2. The van der Waals surface area contributed by atoms with Crippen molar-refractivity contribution in [2.24, 2.45) is 5.41 Å². The topological polar surface area (TPSA) is 104 Å². The Bertz CT molecular complexity index is 727. The van der Waals surface area contributed by atoms with Crippen LogP contribution in [-0.2, 0) is 19.6 Å². The molecule has 2 rings (SSSR count). The second kappa shape index (κ2) is 6.19. The van der Waals surface area contributed by atoms with E-state index in [1.807, 2.05) is 0 Å². The van der Waals surface area contributed by atoms with Crippen LogP contribution in [0.1, 0.15) is 26.7 Å². The number of rotatable bonds is 5. The first-order chi connectivity index (χ1) is 10.6. The Morgan fingerprint density at radius 2 is 2.04 bits per heavy atom. The van der Waals surface area contributed by atoms with Crippen molar-refractivity contribution >= 4 is 33.3 Å². The van der Waals surface area contributed by atoms with Gasteiger partial charge in [-0.05, 0) is 38.5 Å². The summed E-state index contributed by atoms with van der Waals surface area (Å²) in [7, 11) is -3.28. The number of carboxylic acids is 1. The maximum atomic E-state index is 12.0. The first kappa shape index (κ1) is 17.3. The molecule has 0 aliphatic carbocycles. The van der Waals surface area contributed by atoms with Crippen molar-refractivity contribution in [2.45, 2.75) is 26.7 Å². The summed E-state index contributed by atoms with van der Waals surface area (Å²) in [5, 5.41) is 11.7. The van der Waals surface area contributed by atoms with E-state index in [2.05, 4.69) is 5.32 Å². The SMILES string of the molecule is CC(C)(CC(=O)Nc1cccc(N2CCCS2(=O)=O)c1)C(=O)O.